The molecule has 0 radical (unpaired) electrons. The average molecular weight is 543 g/mol. The van der Waals surface area contributed by atoms with Crippen LogP contribution in [0.5, 0.6) is 0 Å². The van der Waals surface area contributed by atoms with Crippen LogP contribution in [0.3, 0.4) is 0 Å². The second kappa shape index (κ2) is 12.7. The first-order chi connectivity index (χ1) is 16.8. The third-order valence-electron chi connectivity index (χ3n) is 5.50. The summed E-state index contributed by atoms with van der Waals surface area (Å²) in [7, 11) is 0. The van der Waals surface area contributed by atoms with Gasteiger partial charge in [-0.2, -0.15) is 0 Å². The van der Waals surface area contributed by atoms with Crippen molar-refractivity contribution in [2.75, 3.05) is 0 Å². The highest BCUT2D eigenvalue weighted by atomic mass is 79.9. The maximum Gasteiger partial charge on any atom is 0.140 e. The van der Waals surface area contributed by atoms with E-state index in [-0.39, 0.29) is 4.47 Å². The molecule has 0 aliphatic carbocycles. The minimum Gasteiger partial charge on any atom is -0.207 e. The van der Waals surface area contributed by atoms with Crippen LogP contribution in [0.4, 0.5) is 17.6 Å². The molecule has 0 saturated carbocycles. The van der Waals surface area contributed by atoms with E-state index in [1.54, 1.807) is 0 Å². The van der Waals surface area contributed by atoms with E-state index < -0.39 is 23.3 Å². The van der Waals surface area contributed by atoms with E-state index in [2.05, 4.69) is 29.8 Å². The molecule has 0 amide bonds. The zero-order valence-corrected chi connectivity index (χ0v) is 21.3. The van der Waals surface area contributed by atoms with Gasteiger partial charge in [0.25, 0.3) is 0 Å². The summed E-state index contributed by atoms with van der Waals surface area (Å²) in [5.41, 5.74) is 5.26. The highest BCUT2D eigenvalue weighted by Gasteiger charge is 2.09. The van der Waals surface area contributed by atoms with Crippen molar-refractivity contribution in [3.63, 3.8) is 0 Å². The minimum atomic E-state index is -0.581. The number of aryl methyl sites for hydroxylation is 2. The van der Waals surface area contributed by atoms with Gasteiger partial charge in [0.05, 0.1) is 4.47 Å². The van der Waals surface area contributed by atoms with Gasteiger partial charge in [-0.1, -0.05) is 75.2 Å². The second-order valence-electron chi connectivity index (χ2n) is 8.31. The minimum absolute atomic E-state index is 0.117. The van der Waals surface area contributed by atoms with Gasteiger partial charge in [0.15, 0.2) is 0 Å². The van der Waals surface area contributed by atoms with Gasteiger partial charge >= 0.3 is 0 Å². The monoisotopic (exact) mass is 542 g/mol. The fraction of sp³-hybridized carbons (Fsp3) is 0.200. The molecule has 4 aromatic rings. The van der Waals surface area contributed by atoms with E-state index in [0.717, 1.165) is 42.9 Å². The number of benzene rings is 4. The predicted octanol–water partition coefficient (Wildman–Crippen LogP) is 9.93. The first-order valence-electron chi connectivity index (χ1n) is 11.6. The summed E-state index contributed by atoms with van der Waals surface area (Å²) in [6, 6.07) is 21.8. The molecule has 0 nitrogen and oxygen atoms in total. The molecule has 0 saturated heterocycles. The Kier molecular flexibility index (Phi) is 9.67. The Morgan fingerprint density at radius 3 is 1.26 bits per heavy atom. The predicted molar refractivity (Wildman–Crippen MR) is 139 cm³/mol. The van der Waals surface area contributed by atoms with Gasteiger partial charge in [0.2, 0.25) is 0 Å². The van der Waals surface area contributed by atoms with E-state index >= 15 is 0 Å². The number of halogens is 5. The number of hydrogen-bond donors (Lipinski definition) is 0. The Labute approximate surface area is 212 Å². The molecule has 0 aromatic heterocycles. The molecule has 5 heteroatoms. The van der Waals surface area contributed by atoms with Crippen molar-refractivity contribution in [1.82, 2.24) is 0 Å². The fourth-order valence-electron chi connectivity index (χ4n) is 3.75. The molecule has 182 valence electrons. The highest BCUT2D eigenvalue weighted by Crippen LogP contribution is 2.28. The largest absolute Gasteiger partial charge is 0.207 e. The molecule has 0 unspecified atom stereocenters. The molecule has 0 aliphatic rings. The Bertz CT molecular complexity index is 1210. The smallest absolute Gasteiger partial charge is 0.140 e. The van der Waals surface area contributed by atoms with Crippen molar-refractivity contribution in [1.29, 1.82) is 0 Å². The van der Waals surface area contributed by atoms with Gasteiger partial charge in [0, 0.05) is 6.07 Å². The normalized spacial score (nSPS) is 10.6. The molecule has 4 aromatic carbocycles. The van der Waals surface area contributed by atoms with Crippen LogP contribution >= 0.6 is 15.9 Å². The van der Waals surface area contributed by atoms with Crippen LogP contribution in [0.1, 0.15) is 37.8 Å². The summed E-state index contributed by atoms with van der Waals surface area (Å²) in [5, 5.41) is 0. The van der Waals surface area contributed by atoms with Gasteiger partial charge in [-0.05, 0) is 86.4 Å². The zero-order chi connectivity index (χ0) is 25.4. The Morgan fingerprint density at radius 1 is 0.514 bits per heavy atom. The van der Waals surface area contributed by atoms with E-state index in [0.29, 0.717) is 11.1 Å². The summed E-state index contributed by atoms with van der Waals surface area (Å²) in [6.45, 7) is 4.24. The van der Waals surface area contributed by atoms with Crippen molar-refractivity contribution >= 4 is 15.9 Å². The lowest BCUT2D eigenvalue weighted by molar-refractivity contribution is 0.572. The molecule has 0 bridgehead atoms. The molecule has 0 spiro atoms. The first-order valence-corrected chi connectivity index (χ1v) is 12.4. The molecule has 0 atom stereocenters. The Morgan fingerprint density at radius 2 is 0.886 bits per heavy atom. The standard InChI is InChI=1S/C15H13BrF2.C15H14F2/c1-2-3-10-4-6-11(7-5-10)12-8-13(17)15(16)14(18)9-12;1-2-3-11-4-6-12(7-5-11)13-8-14(16)10-15(17)9-13/h4-9H,2-3H2,1H3;4-10H,2-3H2,1H3. The van der Waals surface area contributed by atoms with Gasteiger partial charge in [-0.25, -0.2) is 17.6 Å². The first kappa shape index (κ1) is 26.7. The van der Waals surface area contributed by atoms with Crippen LogP contribution in [0.2, 0.25) is 0 Å². The second-order valence-corrected chi connectivity index (χ2v) is 9.10. The van der Waals surface area contributed by atoms with E-state index in [1.807, 2.05) is 48.5 Å². The van der Waals surface area contributed by atoms with Gasteiger partial charge in [-0.3, -0.25) is 0 Å². The van der Waals surface area contributed by atoms with Gasteiger partial charge in [-0.15, -0.1) is 0 Å². The van der Waals surface area contributed by atoms with Crippen LogP contribution in [0.15, 0.2) is 83.3 Å². The van der Waals surface area contributed by atoms with E-state index in [1.165, 1.54) is 35.4 Å². The lowest BCUT2D eigenvalue weighted by Crippen LogP contribution is -1.88. The summed E-state index contributed by atoms with van der Waals surface area (Å²) in [4.78, 5) is 0. The summed E-state index contributed by atoms with van der Waals surface area (Å²) < 4.78 is 52.9. The van der Waals surface area contributed by atoms with Gasteiger partial charge < -0.3 is 0 Å². The van der Waals surface area contributed by atoms with Crippen molar-refractivity contribution in [3.8, 4) is 22.3 Å². The molecule has 35 heavy (non-hydrogen) atoms. The Balaban J connectivity index is 0.000000196. The van der Waals surface area contributed by atoms with Crippen molar-refractivity contribution < 1.29 is 17.6 Å². The number of rotatable bonds is 6. The molecule has 0 heterocycles. The Hall–Kier alpha value is -2.92. The fourth-order valence-corrected chi connectivity index (χ4v) is 3.98. The summed E-state index contributed by atoms with van der Waals surface area (Å²) in [5.74, 6) is -2.25. The van der Waals surface area contributed by atoms with E-state index in [4.69, 9.17) is 0 Å². The third-order valence-corrected chi connectivity index (χ3v) is 6.26. The van der Waals surface area contributed by atoms with Crippen LogP contribution in [0, 0.1) is 23.3 Å². The lowest BCUT2D eigenvalue weighted by atomic mass is 10.0. The SMILES string of the molecule is CCCc1ccc(-c2cc(F)c(Br)c(F)c2)cc1.CCCc1ccc(-c2cc(F)cc(F)c2)cc1. The average Bonchev–Trinajstić information content (AvgIpc) is 2.83. The molecule has 4 rings (SSSR count). The molecular weight excluding hydrogens is 516 g/mol. The number of hydrogen-bond acceptors (Lipinski definition) is 0. The van der Waals surface area contributed by atoms with Crippen LogP contribution in [0.25, 0.3) is 22.3 Å². The van der Waals surface area contributed by atoms with Crippen LogP contribution in [-0.2, 0) is 12.8 Å². The molecular formula is C30H27BrF4. The maximum absolute atomic E-state index is 13.4. The maximum atomic E-state index is 13.4. The van der Waals surface area contributed by atoms with Crippen molar-refractivity contribution in [2.24, 2.45) is 0 Å². The highest BCUT2D eigenvalue weighted by molar-refractivity contribution is 9.10. The quantitative estimate of drug-likeness (QED) is 0.168. The summed E-state index contributed by atoms with van der Waals surface area (Å²) in [6.07, 6.45) is 4.22. The van der Waals surface area contributed by atoms with E-state index in [9.17, 15) is 17.6 Å². The third kappa shape index (κ3) is 7.53. The van der Waals surface area contributed by atoms with Crippen molar-refractivity contribution in [3.05, 3.63) is 118 Å². The van der Waals surface area contributed by atoms with Gasteiger partial charge in [0.1, 0.15) is 23.3 Å². The van der Waals surface area contributed by atoms with Crippen molar-refractivity contribution in [2.45, 2.75) is 39.5 Å². The summed E-state index contributed by atoms with van der Waals surface area (Å²) >= 11 is 2.87. The van der Waals surface area contributed by atoms with Crippen LogP contribution in [-0.4, -0.2) is 0 Å². The molecule has 0 aliphatic heterocycles. The topological polar surface area (TPSA) is 0 Å². The zero-order valence-electron chi connectivity index (χ0n) is 19.7. The van der Waals surface area contributed by atoms with Crippen LogP contribution < -0.4 is 0 Å². The molecule has 0 N–H and O–H groups in total. The molecule has 0 fully saturated rings. The lowest BCUT2D eigenvalue weighted by Gasteiger charge is -2.06.